The van der Waals surface area contributed by atoms with Crippen LogP contribution in [0.2, 0.25) is 0 Å². The van der Waals surface area contributed by atoms with Crippen LogP contribution in [0.15, 0.2) is 42.5 Å². The van der Waals surface area contributed by atoms with Gasteiger partial charge in [0, 0.05) is 30.6 Å². The highest BCUT2D eigenvalue weighted by molar-refractivity contribution is 5.48. The molecule has 0 spiro atoms. The van der Waals surface area contributed by atoms with Crippen molar-refractivity contribution >= 4 is 0 Å². The molecular formula is C28H34N2O. The minimum Gasteiger partial charge on any atom is -0.494 e. The van der Waals surface area contributed by atoms with Crippen LogP contribution in [0.1, 0.15) is 72.7 Å². The van der Waals surface area contributed by atoms with E-state index < -0.39 is 0 Å². The SMILES string of the molecule is C#Cc1cccc(C2CN3CCCC3c3cc(OCCCN4CCCCC4)ccc32)c1. The minimum atomic E-state index is 0.380. The maximum Gasteiger partial charge on any atom is 0.119 e. The van der Waals surface area contributed by atoms with E-state index in [1.165, 1.54) is 68.4 Å². The first kappa shape index (κ1) is 20.6. The summed E-state index contributed by atoms with van der Waals surface area (Å²) in [7, 11) is 0. The van der Waals surface area contributed by atoms with Crippen LogP contribution in [0.3, 0.4) is 0 Å². The number of fused-ring (bicyclic) bond motifs is 3. The molecule has 0 amide bonds. The number of piperidine rings is 1. The molecule has 3 aliphatic heterocycles. The van der Waals surface area contributed by atoms with Crippen molar-refractivity contribution in [3.8, 4) is 18.1 Å². The molecule has 0 bridgehead atoms. The van der Waals surface area contributed by atoms with Crippen molar-refractivity contribution in [2.75, 3.05) is 39.3 Å². The van der Waals surface area contributed by atoms with Crippen molar-refractivity contribution in [2.45, 2.75) is 50.5 Å². The highest BCUT2D eigenvalue weighted by atomic mass is 16.5. The smallest absolute Gasteiger partial charge is 0.119 e. The van der Waals surface area contributed by atoms with E-state index in [9.17, 15) is 0 Å². The van der Waals surface area contributed by atoms with Gasteiger partial charge in [-0.1, -0.05) is 30.5 Å². The number of hydrogen-bond donors (Lipinski definition) is 0. The first-order valence-corrected chi connectivity index (χ1v) is 12.1. The Hall–Kier alpha value is -2.28. The molecule has 162 valence electrons. The molecule has 3 aliphatic rings. The normalized spacial score (nSPS) is 23.7. The lowest BCUT2D eigenvalue weighted by Gasteiger charge is -2.38. The fourth-order valence-electron chi connectivity index (χ4n) is 5.77. The molecule has 2 aromatic rings. The Balaban J connectivity index is 1.31. The predicted molar refractivity (Wildman–Crippen MR) is 127 cm³/mol. The average molecular weight is 415 g/mol. The van der Waals surface area contributed by atoms with E-state index in [2.05, 4.69) is 52.1 Å². The number of likely N-dealkylation sites (tertiary alicyclic amines) is 1. The molecule has 3 heteroatoms. The third kappa shape index (κ3) is 4.52. The number of benzene rings is 2. The lowest BCUT2D eigenvalue weighted by molar-refractivity contribution is 0.204. The molecule has 0 saturated carbocycles. The highest BCUT2D eigenvalue weighted by Gasteiger charge is 2.36. The summed E-state index contributed by atoms with van der Waals surface area (Å²) in [5.74, 6) is 4.21. The second-order valence-corrected chi connectivity index (χ2v) is 9.37. The molecule has 2 unspecified atom stereocenters. The molecule has 2 saturated heterocycles. The molecule has 0 aliphatic carbocycles. The average Bonchev–Trinajstić information content (AvgIpc) is 3.31. The van der Waals surface area contributed by atoms with Crippen LogP contribution < -0.4 is 4.74 Å². The van der Waals surface area contributed by atoms with Crippen LogP contribution in [-0.2, 0) is 0 Å². The third-order valence-electron chi connectivity index (χ3n) is 7.37. The Kier molecular flexibility index (Phi) is 6.30. The first-order valence-electron chi connectivity index (χ1n) is 12.1. The van der Waals surface area contributed by atoms with Gasteiger partial charge in [-0.3, -0.25) is 4.90 Å². The van der Waals surface area contributed by atoms with Gasteiger partial charge in [0.25, 0.3) is 0 Å². The standard InChI is InChI=1S/C28H34N2O/c1-2-22-9-6-10-23(19-22)27-21-30-17-7-11-28(30)26-20-24(12-13-25(26)27)31-18-8-16-29-14-4-3-5-15-29/h1,6,9-10,12-13,19-20,27-28H,3-5,7-8,11,14-18,21H2. The summed E-state index contributed by atoms with van der Waals surface area (Å²) in [4.78, 5) is 5.25. The Morgan fingerprint density at radius 2 is 1.87 bits per heavy atom. The highest BCUT2D eigenvalue weighted by Crippen LogP contribution is 2.45. The number of nitrogens with zero attached hydrogens (tertiary/aromatic N) is 2. The lowest BCUT2D eigenvalue weighted by Crippen LogP contribution is -2.34. The third-order valence-corrected chi connectivity index (χ3v) is 7.37. The van der Waals surface area contributed by atoms with Gasteiger partial charge in [0.15, 0.2) is 0 Å². The van der Waals surface area contributed by atoms with Crippen molar-refractivity contribution in [1.29, 1.82) is 0 Å². The van der Waals surface area contributed by atoms with Gasteiger partial charge in [0.1, 0.15) is 5.75 Å². The van der Waals surface area contributed by atoms with Crippen LogP contribution in [0, 0.1) is 12.3 Å². The zero-order valence-electron chi connectivity index (χ0n) is 18.6. The second-order valence-electron chi connectivity index (χ2n) is 9.37. The molecule has 0 radical (unpaired) electrons. The second kappa shape index (κ2) is 9.47. The fourth-order valence-corrected chi connectivity index (χ4v) is 5.77. The van der Waals surface area contributed by atoms with E-state index in [0.717, 1.165) is 37.4 Å². The topological polar surface area (TPSA) is 15.7 Å². The van der Waals surface area contributed by atoms with E-state index in [1.807, 2.05) is 6.07 Å². The first-order chi connectivity index (χ1) is 15.3. The molecule has 2 aromatic carbocycles. The Morgan fingerprint density at radius 3 is 2.74 bits per heavy atom. The van der Waals surface area contributed by atoms with Gasteiger partial charge in [-0.2, -0.15) is 0 Å². The van der Waals surface area contributed by atoms with Gasteiger partial charge in [0.2, 0.25) is 0 Å². The number of rotatable bonds is 6. The lowest BCUT2D eigenvalue weighted by atomic mass is 9.81. The van der Waals surface area contributed by atoms with Crippen molar-refractivity contribution in [3.05, 3.63) is 64.7 Å². The molecular weight excluding hydrogens is 380 g/mol. The summed E-state index contributed by atoms with van der Waals surface area (Å²) in [6.07, 6.45) is 13.4. The van der Waals surface area contributed by atoms with Crippen LogP contribution in [0.4, 0.5) is 0 Å². The number of ether oxygens (including phenoxy) is 1. The van der Waals surface area contributed by atoms with E-state index in [-0.39, 0.29) is 0 Å². The summed E-state index contributed by atoms with van der Waals surface area (Å²) >= 11 is 0. The van der Waals surface area contributed by atoms with Gasteiger partial charge in [-0.15, -0.1) is 6.42 Å². The Bertz CT molecular complexity index is 940. The molecule has 2 atom stereocenters. The quantitative estimate of drug-likeness (QED) is 0.477. The molecule has 31 heavy (non-hydrogen) atoms. The predicted octanol–water partition coefficient (Wildman–Crippen LogP) is 5.21. The van der Waals surface area contributed by atoms with Crippen LogP contribution in [0.25, 0.3) is 0 Å². The monoisotopic (exact) mass is 414 g/mol. The maximum absolute atomic E-state index is 6.22. The Morgan fingerprint density at radius 1 is 0.968 bits per heavy atom. The largest absolute Gasteiger partial charge is 0.494 e. The molecule has 3 heterocycles. The van der Waals surface area contributed by atoms with Crippen molar-refractivity contribution in [3.63, 3.8) is 0 Å². The molecule has 3 nitrogen and oxygen atoms in total. The molecule has 5 rings (SSSR count). The summed E-state index contributed by atoms with van der Waals surface area (Å²) in [5.41, 5.74) is 5.22. The van der Waals surface area contributed by atoms with Crippen molar-refractivity contribution in [2.24, 2.45) is 0 Å². The van der Waals surface area contributed by atoms with Gasteiger partial charge >= 0.3 is 0 Å². The minimum absolute atomic E-state index is 0.380. The van der Waals surface area contributed by atoms with Gasteiger partial charge in [-0.05, 0) is 92.7 Å². The van der Waals surface area contributed by atoms with E-state index in [1.54, 1.807) is 0 Å². The molecule has 0 aromatic heterocycles. The van der Waals surface area contributed by atoms with E-state index in [0.29, 0.717) is 12.0 Å². The molecule has 0 N–H and O–H groups in total. The van der Waals surface area contributed by atoms with Crippen LogP contribution in [0.5, 0.6) is 5.75 Å². The maximum atomic E-state index is 6.22. The molecule has 2 fully saturated rings. The summed E-state index contributed by atoms with van der Waals surface area (Å²) in [5, 5.41) is 0. The van der Waals surface area contributed by atoms with Crippen molar-refractivity contribution in [1.82, 2.24) is 9.80 Å². The van der Waals surface area contributed by atoms with Gasteiger partial charge < -0.3 is 9.64 Å². The van der Waals surface area contributed by atoms with Gasteiger partial charge in [0.05, 0.1) is 6.61 Å². The van der Waals surface area contributed by atoms with Gasteiger partial charge in [-0.25, -0.2) is 0 Å². The van der Waals surface area contributed by atoms with Crippen LogP contribution >= 0.6 is 0 Å². The summed E-state index contributed by atoms with van der Waals surface area (Å²) < 4.78 is 6.22. The number of hydrogen-bond acceptors (Lipinski definition) is 3. The zero-order chi connectivity index (χ0) is 21.0. The Labute approximate surface area is 187 Å². The fraction of sp³-hybridized carbons (Fsp3) is 0.500. The zero-order valence-corrected chi connectivity index (χ0v) is 18.6. The van der Waals surface area contributed by atoms with Crippen LogP contribution in [-0.4, -0.2) is 49.1 Å². The van der Waals surface area contributed by atoms with E-state index in [4.69, 9.17) is 11.2 Å². The summed E-state index contributed by atoms with van der Waals surface area (Å²) in [6, 6.07) is 15.9. The van der Waals surface area contributed by atoms with Crippen molar-refractivity contribution < 1.29 is 4.74 Å². The summed E-state index contributed by atoms with van der Waals surface area (Å²) in [6.45, 7) is 6.77. The number of terminal acetylenes is 1. The van der Waals surface area contributed by atoms with E-state index >= 15 is 0 Å².